The maximum absolute atomic E-state index is 7.04. The van der Waals surface area contributed by atoms with Crippen LogP contribution < -0.4 is 9.47 Å². The molecule has 0 bridgehead atoms. The number of unbranched alkanes of at least 4 members (excludes halogenated alkanes) is 8. The van der Waals surface area contributed by atoms with Gasteiger partial charge in [-0.3, -0.25) is 0 Å². The zero-order chi connectivity index (χ0) is 41.3. The normalized spacial score (nSPS) is 20.0. The Morgan fingerprint density at radius 1 is 0.429 bits per heavy atom. The minimum atomic E-state index is -0.0562. The second-order valence-electron chi connectivity index (χ2n) is 20.5. The molecule has 0 aromatic heterocycles. The number of ether oxygens (including phenoxy) is 4. The molecule has 0 radical (unpaired) electrons. The van der Waals surface area contributed by atoms with Gasteiger partial charge in [0.05, 0.1) is 12.2 Å². The van der Waals surface area contributed by atoms with E-state index in [2.05, 4.69) is 121 Å². The molecule has 4 heteroatoms. The molecule has 2 saturated heterocycles. The zero-order valence-electron chi connectivity index (χ0n) is 39.0. The predicted molar refractivity (Wildman–Crippen MR) is 240 cm³/mol. The summed E-state index contributed by atoms with van der Waals surface area (Å²) >= 11 is 0. The first-order valence-corrected chi connectivity index (χ1v) is 23.4. The van der Waals surface area contributed by atoms with Gasteiger partial charge in [-0.25, -0.2) is 0 Å². The Balaban J connectivity index is 2.03. The van der Waals surface area contributed by atoms with Crippen molar-refractivity contribution in [2.75, 3.05) is 13.2 Å². The van der Waals surface area contributed by atoms with Crippen LogP contribution in [0.3, 0.4) is 0 Å². The molecule has 2 aromatic carbocycles. The maximum atomic E-state index is 7.04. The molecule has 2 aliphatic rings. The average molecular weight is 775 g/mol. The summed E-state index contributed by atoms with van der Waals surface area (Å²) in [5.74, 6) is 2.22. The summed E-state index contributed by atoms with van der Waals surface area (Å²) in [4.78, 5) is 0. The predicted octanol–water partition coefficient (Wildman–Crippen LogP) is 15.1. The molecule has 318 valence electrons. The van der Waals surface area contributed by atoms with Gasteiger partial charge in [-0.2, -0.15) is 0 Å². The second kappa shape index (κ2) is 20.3. The highest BCUT2D eigenvalue weighted by Crippen LogP contribution is 2.50. The van der Waals surface area contributed by atoms with E-state index in [1.807, 2.05) is 0 Å². The molecule has 2 fully saturated rings. The highest BCUT2D eigenvalue weighted by Gasteiger charge is 2.40. The van der Waals surface area contributed by atoms with E-state index in [1.165, 1.54) is 110 Å². The number of hydrogen-bond donors (Lipinski definition) is 0. The van der Waals surface area contributed by atoms with Gasteiger partial charge in [-0.05, 0) is 96.6 Å². The molecule has 2 aliphatic heterocycles. The molecular formula is C52H86O4. The van der Waals surface area contributed by atoms with E-state index in [-0.39, 0.29) is 46.1 Å². The minimum Gasteiger partial charge on any atom is -0.490 e. The summed E-state index contributed by atoms with van der Waals surface area (Å²) in [7, 11) is 0. The molecule has 0 amide bonds. The van der Waals surface area contributed by atoms with Gasteiger partial charge in [0, 0.05) is 22.3 Å². The minimum absolute atomic E-state index is 0.0562. The highest BCUT2D eigenvalue weighted by molar-refractivity contribution is 5.73. The standard InChI is InChI=1S/C52H86O4/c1-15-19-23-27-49(7,8)41-31-39(32-42(50(9,10)28-24-20-16-2)47(41)53-35-45-37(5)55-45)40-33-43(51(11,12)29-25-21-17-3)48(54-36-46-38(6)56-46)44(34-40)52(13,14)30-26-22-18-4/h31-34,37-38,45-46H,15-30,35-36H2,1-14H3. The van der Waals surface area contributed by atoms with Gasteiger partial charge in [0.25, 0.3) is 0 Å². The monoisotopic (exact) mass is 775 g/mol. The SMILES string of the molecule is CCCCCC(C)(C)c1cc(-c2cc(C(C)(C)CCCCC)c(OCC3OC3C)c(C(C)(C)CCCCC)c2)cc(C(C)(C)CCCCC)c1OCC1OC1C. The Kier molecular flexibility index (Phi) is 16.9. The number of hydrogen-bond acceptors (Lipinski definition) is 4. The summed E-state index contributed by atoms with van der Waals surface area (Å²) in [5.41, 5.74) is 7.81. The summed E-state index contributed by atoms with van der Waals surface area (Å²) in [6.07, 6.45) is 20.2. The van der Waals surface area contributed by atoms with Crippen molar-refractivity contribution < 1.29 is 18.9 Å². The third-order valence-electron chi connectivity index (χ3n) is 13.5. The molecule has 4 nitrogen and oxygen atoms in total. The zero-order valence-corrected chi connectivity index (χ0v) is 39.0. The van der Waals surface area contributed by atoms with Crippen molar-refractivity contribution in [2.24, 2.45) is 0 Å². The van der Waals surface area contributed by atoms with Crippen LogP contribution in [0, 0.1) is 0 Å². The lowest BCUT2D eigenvalue weighted by Gasteiger charge is -2.36. The van der Waals surface area contributed by atoms with Crippen LogP contribution in [0.4, 0.5) is 0 Å². The van der Waals surface area contributed by atoms with Gasteiger partial charge < -0.3 is 18.9 Å². The second-order valence-corrected chi connectivity index (χ2v) is 20.5. The lowest BCUT2D eigenvalue weighted by atomic mass is 9.71. The van der Waals surface area contributed by atoms with Gasteiger partial charge in [0.15, 0.2) is 0 Å². The van der Waals surface area contributed by atoms with Crippen molar-refractivity contribution >= 4 is 0 Å². The topological polar surface area (TPSA) is 43.5 Å². The van der Waals surface area contributed by atoms with Crippen LogP contribution in [0.25, 0.3) is 11.1 Å². The summed E-state index contributed by atoms with van der Waals surface area (Å²) in [5, 5.41) is 0. The van der Waals surface area contributed by atoms with Crippen molar-refractivity contribution in [1.29, 1.82) is 0 Å². The number of benzene rings is 2. The third-order valence-corrected chi connectivity index (χ3v) is 13.5. The quantitative estimate of drug-likeness (QED) is 0.0670. The van der Waals surface area contributed by atoms with E-state index in [4.69, 9.17) is 18.9 Å². The van der Waals surface area contributed by atoms with Crippen molar-refractivity contribution in [1.82, 2.24) is 0 Å². The van der Waals surface area contributed by atoms with Crippen molar-refractivity contribution in [3.05, 3.63) is 46.5 Å². The van der Waals surface area contributed by atoms with Gasteiger partial charge in [-0.1, -0.05) is 160 Å². The fourth-order valence-corrected chi connectivity index (χ4v) is 8.86. The lowest BCUT2D eigenvalue weighted by molar-refractivity contribution is 0.247. The first-order valence-electron chi connectivity index (χ1n) is 23.4. The van der Waals surface area contributed by atoms with Crippen LogP contribution in [0.5, 0.6) is 11.5 Å². The Bertz CT molecular complexity index is 1320. The van der Waals surface area contributed by atoms with Crippen LogP contribution >= 0.6 is 0 Å². The Morgan fingerprint density at radius 3 is 0.857 bits per heavy atom. The van der Waals surface area contributed by atoms with Crippen molar-refractivity contribution in [3.63, 3.8) is 0 Å². The molecule has 4 rings (SSSR count). The van der Waals surface area contributed by atoms with E-state index in [0.717, 1.165) is 37.2 Å². The van der Waals surface area contributed by atoms with E-state index < -0.39 is 0 Å². The van der Waals surface area contributed by atoms with Crippen molar-refractivity contribution in [3.8, 4) is 22.6 Å². The Morgan fingerprint density at radius 2 is 0.661 bits per heavy atom. The fraction of sp³-hybridized carbons (Fsp3) is 0.769. The molecule has 2 heterocycles. The first kappa shape index (κ1) is 46.6. The van der Waals surface area contributed by atoms with Crippen LogP contribution in [-0.4, -0.2) is 37.6 Å². The summed E-state index contributed by atoms with van der Waals surface area (Å²) in [6.45, 7) is 34.5. The van der Waals surface area contributed by atoms with Gasteiger partial charge in [0.1, 0.15) is 36.9 Å². The van der Waals surface area contributed by atoms with E-state index in [9.17, 15) is 0 Å². The van der Waals surface area contributed by atoms with Crippen LogP contribution in [0.1, 0.15) is 222 Å². The first-order chi connectivity index (χ1) is 26.4. The van der Waals surface area contributed by atoms with Crippen molar-refractivity contribution in [2.45, 2.75) is 246 Å². The van der Waals surface area contributed by atoms with Gasteiger partial charge in [-0.15, -0.1) is 0 Å². The molecule has 56 heavy (non-hydrogen) atoms. The fourth-order valence-electron chi connectivity index (χ4n) is 8.86. The Hall–Kier alpha value is -2.04. The summed E-state index contributed by atoms with van der Waals surface area (Å²) < 4.78 is 25.9. The number of epoxide rings is 2. The summed E-state index contributed by atoms with van der Waals surface area (Å²) in [6, 6.07) is 10.1. The smallest absolute Gasteiger partial charge is 0.126 e. The van der Waals surface area contributed by atoms with Crippen LogP contribution in [0.15, 0.2) is 24.3 Å². The van der Waals surface area contributed by atoms with E-state index >= 15 is 0 Å². The third kappa shape index (κ3) is 12.5. The molecule has 4 atom stereocenters. The molecule has 0 N–H and O–H groups in total. The van der Waals surface area contributed by atoms with Crippen LogP contribution in [-0.2, 0) is 31.1 Å². The molecule has 4 unspecified atom stereocenters. The van der Waals surface area contributed by atoms with E-state index in [0.29, 0.717) is 13.2 Å². The molecule has 2 aromatic rings. The Labute approximate surface area is 346 Å². The van der Waals surface area contributed by atoms with Gasteiger partial charge in [0.2, 0.25) is 0 Å². The molecule has 0 saturated carbocycles. The number of rotatable bonds is 27. The highest BCUT2D eigenvalue weighted by atomic mass is 16.6. The van der Waals surface area contributed by atoms with E-state index in [1.54, 1.807) is 0 Å². The molecule has 0 aliphatic carbocycles. The molecule has 0 spiro atoms. The average Bonchev–Trinajstić information content (AvgIpc) is 4.05. The van der Waals surface area contributed by atoms with Crippen LogP contribution in [0.2, 0.25) is 0 Å². The largest absolute Gasteiger partial charge is 0.490 e. The lowest BCUT2D eigenvalue weighted by Crippen LogP contribution is -2.26. The maximum Gasteiger partial charge on any atom is 0.126 e. The van der Waals surface area contributed by atoms with Gasteiger partial charge >= 0.3 is 0 Å². The molecular weight excluding hydrogens is 689 g/mol.